The summed E-state index contributed by atoms with van der Waals surface area (Å²) in [5.74, 6) is 0. The Kier molecular flexibility index (Phi) is 4.19. The van der Waals surface area contributed by atoms with Crippen LogP contribution >= 0.6 is 0 Å². The van der Waals surface area contributed by atoms with Gasteiger partial charge in [0, 0.05) is 18.8 Å². The van der Waals surface area contributed by atoms with E-state index in [1.54, 1.807) is 0 Å². The van der Waals surface area contributed by atoms with E-state index in [9.17, 15) is 0 Å². The first-order valence-electron chi connectivity index (χ1n) is 4.60. The maximum atomic E-state index is 4.27. The van der Waals surface area contributed by atoms with Crippen molar-refractivity contribution in [1.29, 1.82) is 0 Å². The summed E-state index contributed by atoms with van der Waals surface area (Å²) in [6, 6.07) is 6.29. The van der Waals surface area contributed by atoms with Gasteiger partial charge in [0.15, 0.2) is 0 Å². The maximum Gasteiger partial charge on any atom is 0.0570 e. The second-order valence-corrected chi connectivity index (χ2v) is 2.95. The van der Waals surface area contributed by atoms with Gasteiger partial charge in [-0.1, -0.05) is 18.2 Å². The van der Waals surface area contributed by atoms with Crippen LogP contribution in [0.25, 0.3) is 0 Å². The van der Waals surface area contributed by atoms with Gasteiger partial charge in [0.2, 0.25) is 0 Å². The van der Waals surface area contributed by atoms with Crippen LogP contribution in [-0.2, 0) is 0 Å². The second kappa shape index (κ2) is 5.49. The molecule has 1 N–H and O–H groups in total. The molecule has 1 rings (SSSR count). The lowest BCUT2D eigenvalue weighted by Crippen LogP contribution is -2.19. The van der Waals surface area contributed by atoms with Crippen LogP contribution in [0.1, 0.15) is 25.6 Å². The van der Waals surface area contributed by atoms with Crippen LogP contribution in [-0.4, -0.2) is 11.5 Å². The molecule has 0 spiro atoms. The normalized spacial score (nSPS) is 13.4. The summed E-state index contributed by atoms with van der Waals surface area (Å²) in [6.07, 6.45) is 5.96. The van der Waals surface area contributed by atoms with Gasteiger partial charge >= 0.3 is 0 Å². The average Bonchev–Trinajstić information content (AvgIpc) is 2.19. The highest BCUT2D eigenvalue weighted by atomic mass is 14.9. The fourth-order valence-corrected chi connectivity index (χ4v) is 1.10. The molecule has 1 aromatic rings. The molecule has 0 unspecified atom stereocenters. The van der Waals surface area contributed by atoms with Crippen molar-refractivity contribution < 1.29 is 0 Å². The first-order valence-corrected chi connectivity index (χ1v) is 4.60. The minimum Gasteiger partial charge on any atom is -0.305 e. The summed E-state index contributed by atoms with van der Waals surface area (Å²) in [4.78, 5) is 4.27. The summed E-state index contributed by atoms with van der Waals surface area (Å²) < 4.78 is 0. The number of hydrogen-bond acceptors (Lipinski definition) is 2. The molecule has 70 valence electrons. The van der Waals surface area contributed by atoms with Crippen molar-refractivity contribution in [1.82, 2.24) is 10.3 Å². The molecule has 2 heteroatoms. The van der Waals surface area contributed by atoms with Crippen LogP contribution in [0, 0.1) is 0 Å². The molecule has 0 fully saturated rings. The number of pyridine rings is 1. The number of aromatic nitrogens is 1. The summed E-state index contributed by atoms with van der Waals surface area (Å²) in [5.41, 5.74) is 1.09. The third kappa shape index (κ3) is 3.38. The molecular weight excluding hydrogens is 160 g/mol. The molecule has 0 saturated carbocycles. The van der Waals surface area contributed by atoms with Crippen LogP contribution < -0.4 is 5.32 Å². The summed E-state index contributed by atoms with van der Waals surface area (Å²) in [7, 11) is 0. The summed E-state index contributed by atoms with van der Waals surface area (Å²) >= 11 is 0. The molecule has 0 aliphatic rings. The van der Waals surface area contributed by atoms with Crippen LogP contribution in [0.15, 0.2) is 36.5 Å². The van der Waals surface area contributed by atoms with Crippen LogP contribution in [0.2, 0.25) is 0 Å². The van der Waals surface area contributed by atoms with E-state index in [0.29, 0.717) is 6.04 Å². The van der Waals surface area contributed by atoms with E-state index in [2.05, 4.69) is 23.3 Å². The number of nitrogens with zero attached hydrogens (tertiary/aromatic N) is 1. The van der Waals surface area contributed by atoms with Gasteiger partial charge in [-0.05, 0) is 26.0 Å². The largest absolute Gasteiger partial charge is 0.305 e. The average molecular weight is 176 g/mol. The molecule has 0 aliphatic heterocycles. The maximum absolute atomic E-state index is 4.27. The lowest BCUT2D eigenvalue weighted by Gasteiger charge is -2.10. The molecule has 0 bridgehead atoms. The lowest BCUT2D eigenvalue weighted by molar-refractivity contribution is 0.601. The molecular formula is C11H16N2. The van der Waals surface area contributed by atoms with Crippen molar-refractivity contribution in [2.45, 2.75) is 19.9 Å². The zero-order chi connectivity index (χ0) is 9.52. The first-order chi connectivity index (χ1) is 6.34. The number of hydrogen-bond donors (Lipinski definition) is 1. The minimum absolute atomic E-state index is 0.317. The number of allylic oxidation sites excluding steroid dienone is 1. The monoisotopic (exact) mass is 176 g/mol. The Balaban J connectivity index is 2.44. The van der Waals surface area contributed by atoms with Gasteiger partial charge in [0.1, 0.15) is 0 Å². The molecule has 0 aromatic carbocycles. The van der Waals surface area contributed by atoms with Gasteiger partial charge < -0.3 is 5.32 Å². The SMILES string of the molecule is C/C=C/CN[C@H](C)c1ccccn1. The predicted molar refractivity (Wildman–Crippen MR) is 55.5 cm³/mol. The molecule has 1 heterocycles. The Morgan fingerprint density at radius 2 is 2.38 bits per heavy atom. The van der Waals surface area contributed by atoms with Gasteiger partial charge in [-0.15, -0.1) is 0 Å². The first kappa shape index (κ1) is 9.93. The zero-order valence-electron chi connectivity index (χ0n) is 8.20. The van der Waals surface area contributed by atoms with E-state index < -0.39 is 0 Å². The molecule has 2 nitrogen and oxygen atoms in total. The summed E-state index contributed by atoms with van der Waals surface area (Å²) in [5, 5.41) is 3.35. The highest BCUT2D eigenvalue weighted by Gasteiger charge is 2.02. The third-order valence-electron chi connectivity index (χ3n) is 1.91. The highest BCUT2D eigenvalue weighted by Crippen LogP contribution is 2.06. The Labute approximate surface area is 79.7 Å². The highest BCUT2D eigenvalue weighted by molar-refractivity contribution is 5.07. The number of rotatable bonds is 4. The molecule has 13 heavy (non-hydrogen) atoms. The van der Waals surface area contributed by atoms with E-state index in [1.165, 1.54) is 0 Å². The quantitative estimate of drug-likeness (QED) is 0.712. The van der Waals surface area contributed by atoms with E-state index in [4.69, 9.17) is 0 Å². The van der Waals surface area contributed by atoms with Gasteiger partial charge in [0.25, 0.3) is 0 Å². The Hall–Kier alpha value is -1.15. The summed E-state index contributed by atoms with van der Waals surface area (Å²) in [6.45, 7) is 5.03. The fourth-order valence-electron chi connectivity index (χ4n) is 1.10. The second-order valence-electron chi connectivity index (χ2n) is 2.95. The van der Waals surface area contributed by atoms with Crippen LogP contribution in [0.5, 0.6) is 0 Å². The van der Waals surface area contributed by atoms with E-state index in [-0.39, 0.29) is 0 Å². The van der Waals surface area contributed by atoms with Crippen molar-refractivity contribution in [3.05, 3.63) is 42.2 Å². The van der Waals surface area contributed by atoms with Gasteiger partial charge in [-0.3, -0.25) is 4.98 Å². The Bertz CT molecular complexity index is 254. The third-order valence-corrected chi connectivity index (χ3v) is 1.91. The Morgan fingerprint density at radius 1 is 1.54 bits per heavy atom. The van der Waals surface area contributed by atoms with Crippen LogP contribution in [0.4, 0.5) is 0 Å². The molecule has 0 radical (unpaired) electrons. The molecule has 0 saturated heterocycles. The predicted octanol–water partition coefficient (Wildman–Crippen LogP) is 2.31. The van der Waals surface area contributed by atoms with E-state index >= 15 is 0 Å². The molecule has 1 aromatic heterocycles. The van der Waals surface area contributed by atoms with Gasteiger partial charge in [-0.25, -0.2) is 0 Å². The Morgan fingerprint density at radius 3 is 3.00 bits per heavy atom. The van der Waals surface area contributed by atoms with Crippen molar-refractivity contribution in [2.24, 2.45) is 0 Å². The molecule has 1 atom stereocenters. The lowest BCUT2D eigenvalue weighted by atomic mass is 10.2. The fraction of sp³-hybridized carbons (Fsp3) is 0.364. The standard InChI is InChI=1S/C11H16N2/c1-3-4-8-12-10(2)11-7-5-6-9-13-11/h3-7,9-10,12H,8H2,1-2H3/b4-3+/t10-/m1/s1. The minimum atomic E-state index is 0.317. The van der Waals surface area contributed by atoms with Gasteiger partial charge in [-0.2, -0.15) is 0 Å². The number of nitrogens with one attached hydrogen (secondary N) is 1. The van der Waals surface area contributed by atoms with Gasteiger partial charge in [0.05, 0.1) is 5.69 Å². The van der Waals surface area contributed by atoms with Crippen molar-refractivity contribution in [3.8, 4) is 0 Å². The van der Waals surface area contributed by atoms with Crippen molar-refractivity contribution in [3.63, 3.8) is 0 Å². The van der Waals surface area contributed by atoms with E-state index in [0.717, 1.165) is 12.2 Å². The van der Waals surface area contributed by atoms with Crippen molar-refractivity contribution in [2.75, 3.05) is 6.54 Å². The van der Waals surface area contributed by atoms with Crippen molar-refractivity contribution >= 4 is 0 Å². The van der Waals surface area contributed by atoms with Crippen LogP contribution in [0.3, 0.4) is 0 Å². The van der Waals surface area contributed by atoms with E-state index in [1.807, 2.05) is 37.4 Å². The topological polar surface area (TPSA) is 24.9 Å². The molecule has 0 amide bonds. The molecule has 0 aliphatic carbocycles. The zero-order valence-corrected chi connectivity index (χ0v) is 8.20. The smallest absolute Gasteiger partial charge is 0.0570 e.